The first-order chi connectivity index (χ1) is 15.1. The van der Waals surface area contributed by atoms with Gasteiger partial charge in [0, 0.05) is 49.5 Å². The van der Waals surface area contributed by atoms with Crippen LogP contribution in [0.15, 0.2) is 66.7 Å². The Labute approximate surface area is 183 Å². The summed E-state index contributed by atoms with van der Waals surface area (Å²) >= 11 is 0. The number of anilines is 2. The van der Waals surface area contributed by atoms with E-state index in [1.165, 1.54) is 0 Å². The van der Waals surface area contributed by atoms with Crippen molar-refractivity contribution in [3.05, 3.63) is 72.3 Å². The van der Waals surface area contributed by atoms with Crippen molar-refractivity contribution in [3.8, 4) is 0 Å². The molecule has 5 nitrogen and oxygen atoms in total. The molecule has 31 heavy (non-hydrogen) atoms. The van der Waals surface area contributed by atoms with E-state index in [1.807, 2.05) is 71.6 Å². The summed E-state index contributed by atoms with van der Waals surface area (Å²) in [5.41, 5.74) is 2.53. The zero-order valence-electron chi connectivity index (χ0n) is 18.0. The molecule has 4 rings (SSSR count). The molecule has 1 saturated heterocycles. The first-order valence-corrected chi connectivity index (χ1v) is 11.1. The fourth-order valence-electron chi connectivity index (χ4n) is 3.99. The Morgan fingerprint density at radius 2 is 1.58 bits per heavy atom. The van der Waals surface area contributed by atoms with Gasteiger partial charge in [0.1, 0.15) is 0 Å². The van der Waals surface area contributed by atoms with Crippen LogP contribution in [0.2, 0.25) is 0 Å². The summed E-state index contributed by atoms with van der Waals surface area (Å²) in [5.74, 6) is 0.158. The van der Waals surface area contributed by atoms with E-state index in [0.29, 0.717) is 12.0 Å². The van der Waals surface area contributed by atoms with Gasteiger partial charge < -0.3 is 15.1 Å². The summed E-state index contributed by atoms with van der Waals surface area (Å²) in [4.78, 5) is 29.1. The minimum Gasteiger partial charge on any atom is -0.368 e. The van der Waals surface area contributed by atoms with Gasteiger partial charge in [0.05, 0.1) is 0 Å². The molecule has 0 aliphatic carbocycles. The Balaban J connectivity index is 1.34. The largest absolute Gasteiger partial charge is 0.368 e. The predicted molar refractivity (Wildman–Crippen MR) is 127 cm³/mol. The molecule has 0 unspecified atom stereocenters. The number of carbonyl (C=O) groups excluding carboxylic acids is 2. The molecule has 0 atom stereocenters. The molecule has 1 fully saturated rings. The number of nitrogens with one attached hydrogen (secondary N) is 1. The van der Waals surface area contributed by atoms with Gasteiger partial charge in [-0.25, -0.2) is 0 Å². The Morgan fingerprint density at radius 3 is 2.29 bits per heavy atom. The zero-order chi connectivity index (χ0) is 21.6. The van der Waals surface area contributed by atoms with Crippen LogP contribution in [0, 0.1) is 0 Å². The molecule has 3 aromatic carbocycles. The zero-order valence-corrected chi connectivity index (χ0v) is 18.0. The maximum absolute atomic E-state index is 12.7. The van der Waals surface area contributed by atoms with Crippen LogP contribution < -0.4 is 10.2 Å². The predicted octanol–water partition coefficient (Wildman–Crippen LogP) is 4.93. The number of amides is 2. The van der Waals surface area contributed by atoms with Crippen LogP contribution in [0.3, 0.4) is 0 Å². The van der Waals surface area contributed by atoms with Crippen molar-refractivity contribution in [3.63, 3.8) is 0 Å². The Morgan fingerprint density at radius 1 is 0.871 bits per heavy atom. The summed E-state index contributed by atoms with van der Waals surface area (Å²) in [6.45, 7) is 5.31. The van der Waals surface area contributed by atoms with Crippen LogP contribution in [0.5, 0.6) is 0 Å². The van der Waals surface area contributed by atoms with Crippen LogP contribution in [-0.4, -0.2) is 42.9 Å². The lowest BCUT2D eigenvalue weighted by atomic mass is 10.1. The van der Waals surface area contributed by atoms with Crippen molar-refractivity contribution in [2.24, 2.45) is 0 Å². The van der Waals surface area contributed by atoms with Crippen LogP contribution >= 0.6 is 0 Å². The smallest absolute Gasteiger partial charge is 0.255 e. The third-order valence-corrected chi connectivity index (χ3v) is 5.88. The van der Waals surface area contributed by atoms with Gasteiger partial charge >= 0.3 is 0 Å². The molecule has 1 N–H and O–H groups in total. The fourth-order valence-corrected chi connectivity index (χ4v) is 3.99. The minimum atomic E-state index is -0.113. The van der Waals surface area contributed by atoms with Crippen molar-refractivity contribution in [1.82, 2.24) is 4.90 Å². The number of piperazine rings is 1. The highest BCUT2D eigenvalue weighted by atomic mass is 16.2. The van der Waals surface area contributed by atoms with Gasteiger partial charge in [0.15, 0.2) is 0 Å². The number of fused-ring (bicyclic) bond motifs is 1. The van der Waals surface area contributed by atoms with Crippen molar-refractivity contribution >= 4 is 34.0 Å². The molecule has 1 aliphatic rings. The van der Waals surface area contributed by atoms with Crippen molar-refractivity contribution in [2.75, 3.05) is 36.4 Å². The van der Waals surface area contributed by atoms with Crippen LogP contribution in [-0.2, 0) is 4.79 Å². The Hall–Kier alpha value is -3.34. The van der Waals surface area contributed by atoms with Gasteiger partial charge in [0.2, 0.25) is 5.91 Å². The quantitative estimate of drug-likeness (QED) is 0.621. The van der Waals surface area contributed by atoms with Crippen LogP contribution in [0.4, 0.5) is 11.4 Å². The monoisotopic (exact) mass is 415 g/mol. The molecule has 0 aromatic heterocycles. The number of carbonyl (C=O) groups is 2. The molecule has 5 heteroatoms. The van der Waals surface area contributed by atoms with Crippen molar-refractivity contribution < 1.29 is 9.59 Å². The van der Waals surface area contributed by atoms with E-state index in [-0.39, 0.29) is 11.8 Å². The normalized spacial score (nSPS) is 14.0. The number of hydrogen-bond donors (Lipinski definition) is 1. The average molecular weight is 416 g/mol. The molecular formula is C26H29N3O2. The third-order valence-electron chi connectivity index (χ3n) is 5.88. The molecule has 0 bridgehead atoms. The summed E-state index contributed by atoms with van der Waals surface area (Å²) in [6.07, 6.45) is 2.67. The van der Waals surface area contributed by atoms with E-state index < -0.39 is 0 Å². The molecule has 1 heterocycles. The lowest BCUT2D eigenvalue weighted by molar-refractivity contribution is -0.131. The van der Waals surface area contributed by atoms with E-state index in [4.69, 9.17) is 0 Å². The minimum absolute atomic E-state index is 0.113. The Bertz CT molecular complexity index is 1050. The Kier molecular flexibility index (Phi) is 6.51. The lowest BCUT2D eigenvalue weighted by Crippen LogP contribution is -2.48. The molecule has 1 aliphatic heterocycles. The molecule has 0 spiro atoms. The highest BCUT2D eigenvalue weighted by Crippen LogP contribution is 2.21. The van der Waals surface area contributed by atoms with E-state index in [9.17, 15) is 9.59 Å². The fraction of sp³-hybridized carbons (Fsp3) is 0.308. The topological polar surface area (TPSA) is 52.7 Å². The number of hydrogen-bond acceptors (Lipinski definition) is 3. The van der Waals surface area contributed by atoms with E-state index >= 15 is 0 Å². The first-order valence-electron chi connectivity index (χ1n) is 11.1. The average Bonchev–Trinajstić information content (AvgIpc) is 2.82. The van der Waals surface area contributed by atoms with Gasteiger partial charge in [-0.2, -0.15) is 0 Å². The molecule has 160 valence electrons. The van der Waals surface area contributed by atoms with Gasteiger partial charge in [-0.3, -0.25) is 9.59 Å². The summed E-state index contributed by atoms with van der Waals surface area (Å²) in [6, 6.07) is 21.7. The molecule has 0 radical (unpaired) electrons. The van der Waals surface area contributed by atoms with Gasteiger partial charge in [-0.05, 0) is 53.6 Å². The van der Waals surface area contributed by atoms with E-state index in [1.54, 1.807) is 0 Å². The molecule has 3 aromatic rings. The first kappa shape index (κ1) is 20.9. The number of nitrogens with zero attached hydrogens (tertiary/aromatic N) is 2. The van der Waals surface area contributed by atoms with Crippen molar-refractivity contribution in [2.45, 2.75) is 26.2 Å². The lowest BCUT2D eigenvalue weighted by Gasteiger charge is -2.36. The highest BCUT2D eigenvalue weighted by molar-refractivity contribution is 6.06. The maximum Gasteiger partial charge on any atom is 0.255 e. The second-order valence-electron chi connectivity index (χ2n) is 8.03. The number of unbranched alkanes of at least 4 members (excludes halogenated alkanes) is 1. The summed E-state index contributed by atoms with van der Waals surface area (Å²) in [5, 5.41) is 5.16. The molecule has 0 saturated carbocycles. The third kappa shape index (κ3) is 5.05. The van der Waals surface area contributed by atoms with Gasteiger partial charge in [-0.15, -0.1) is 0 Å². The molecule has 2 amide bonds. The SMILES string of the molecule is CCCCC(=O)N1CCN(c2ccc(NC(=O)c3ccc4ccccc4c3)cc2)CC1. The van der Waals surface area contributed by atoms with E-state index in [0.717, 1.165) is 61.2 Å². The number of benzene rings is 3. The second kappa shape index (κ2) is 9.65. The van der Waals surface area contributed by atoms with Gasteiger partial charge in [-0.1, -0.05) is 43.7 Å². The van der Waals surface area contributed by atoms with Crippen LogP contribution in [0.25, 0.3) is 10.8 Å². The second-order valence-corrected chi connectivity index (χ2v) is 8.03. The van der Waals surface area contributed by atoms with E-state index in [2.05, 4.69) is 17.1 Å². The van der Waals surface area contributed by atoms with Gasteiger partial charge in [0.25, 0.3) is 5.91 Å². The maximum atomic E-state index is 12.7. The number of rotatable bonds is 6. The standard InChI is InChI=1S/C26H29N3O2/c1-2-3-8-25(30)29-17-15-28(16-18-29)24-13-11-23(12-14-24)27-26(31)22-10-9-20-6-4-5-7-21(20)19-22/h4-7,9-14,19H,2-3,8,15-18H2,1H3,(H,27,31). The van der Waals surface area contributed by atoms with Crippen LogP contribution in [0.1, 0.15) is 36.5 Å². The molecular weight excluding hydrogens is 386 g/mol. The van der Waals surface area contributed by atoms with Crippen molar-refractivity contribution in [1.29, 1.82) is 0 Å². The summed E-state index contributed by atoms with van der Waals surface area (Å²) < 4.78 is 0. The summed E-state index contributed by atoms with van der Waals surface area (Å²) in [7, 11) is 0. The highest BCUT2D eigenvalue weighted by Gasteiger charge is 2.20.